The molecule has 88 valence electrons. The second kappa shape index (κ2) is 5.41. The molecule has 0 radical (unpaired) electrons. The minimum atomic E-state index is -0.472. The fraction of sp³-hybridized carbons (Fsp3) is 0.154. The lowest BCUT2D eigenvalue weighted by Gasteiger charge is -2.07. The fourth-order valence-electron chi connectivity index (χ4n) is 1.40. The third-order valence-corrected chi connectivity index (χ3v) is 2.30. The predicted molar refractivity (Wildman–Crippen MR) is 60.9 cm³/mol. The van der Waals surface area contributed by atoms with Crippen molar-refractivity contribution in [2.45, 2.75) is 13.2 Å². The Morgan fingerprint density at radius 3 is 2.76 bits per heavy atom. The Balaban J connectivity index is 2.04. The summed E-state index contributed by atoms with van der Waals surface area (Å²) in [6.07, 6.45) is 3.33. The summed E-state index contributed by atoms with van der Waals surface area (Å²) in [7, 11) is 0. The lowest BCUT2D eigenvalue weighted by atomic mass is 10.2. The SMILES string of the molecule is OCc1ccc(OCc2cccnc2)c(F)c1. The molecule has 0 fully saturated rings. The van der Waals surface area contributed by atoms with Crippen LogP contribution in [0, 0.1) is 5.82 Å². The lowest BCUT2D eigenvalue weighted by Crippen LogP contribution is -1.98. The lowest BCUT2D eigenvalue weighted by molar-refractivity contribution is 0.276. The number of rotatable bonds is 4. The summed E-state index contributed by atoms with van der Waals surface area (Å²) in [6, 6.07) is 8.05. The van der Waals surface area contributed by atoms with E-state index in [2.05, 4.69) is 4.98 Å². The van der Waals surface area contributed by atoms with E-state index >= 15 is 0 Å². The topological polar surface area (TPSA) is 42.4 Å². The van der Waals surface area contributed by atoms with Crippen molar-refractivity contribution in [3.63, 3.8) is 0 Å². The van der Waals surface area contributed by atoms with Crippen LogP contribution in [0.25, 0.3) is 0 Å². The molecule has 0 unspecified atom stereocenters. The monoisotopic (exact) mass is 233 g/mol. The maximum atomic E-state index is 13.5. The van der Waals surface area contributed by atoms with Crippen molar-refractivity contribution >= 4 is 0 Å². The van der Waals surface area contributed by atoms with Crippen LogP contribution in [0.3, 0.4) is 0 Å². The van der Waals surface area contributed by atoms with Gasteiger partial charge in [-0.15, -0.1) is 0 Å². The molecule has 2 rings (SSSR count). The summed E-state index contributed by atoms with van der Waals surface area (Å²) in [5, 5.41) is 8.85. The van der Waals surface area contributed by atoms with Crippen LogP contribution < -0.4 is 4.74 Å². The minimum Gasteiger partial charge on any atom is -0.486 e. The van der Waals surface area contributed by atoms with Gasteiger partial charge in [0.25, 0.3) is 0 Å². The van der Waals surface area contributed by atoms with E-state index in [0.717, 1.165) is 5.56 Å². The molecule has 1 heterocycles. The standard InChI is InChI=1S/C13H12FNO2/c14-12-6-10(8-16)3-4-13(12)17-9-11-2-1-5-15-7-11/h1-7,16H,8-9H2. The van der Waals surface area contributed by atoms with Gasteiger partial charge < -0.3 is 9.84 Å². The van der Waals surface area contributed by atoms with Crippen LogP contribution in [0.4, 0.5) is 4.39 Å². The molecule has 0 spiro atoms. The highest BCUT2D eigenvalue weighted by Crippen LogP contribution is 2.19. The Kier molecular flexibility index (Phi) is 3.67. The van der Waals surface area contributed by atoms with Crippen LogP contribution >= 0.6 is 0 Å². The molecule has 0 saturated carbocycles. The van der Waals surface area contributed by atoms with Gasteiger partial charge in [-0.05, 0) is 23.8 Å². The molecule has 1 aromatic carbocycles. The van der Waals surface area contributed by atoms with Crippen LogP contribution in [0.2, 0.25) is 0 Å². The number of aliphatic hydroxyl groups is 1. The molecular weight excluding hydrogens is 221 g/mol. The van der Waals surface area contributed by atoms with Crippen LogP contribution in [-0.2, 0) is 13.2 Å². The molecule has 0 aliphatic carbocycles. The Bertz CT molecular complexity index is 488. The molecule has 0 bridgehead atoms. The van der Waals surface area contributed by atoms with E-state index in [9.17, 15) is 4.39 Å². The molecule has 1 aromatic heterocycles. The van der Waals surface area contributed by atoms with Gasteiger partial charge in [0.05, 0.1) is 6.61 Å². The van der Waals surface area contributed by atoms with Crippen LogP contribution in [0.5, 0.6) is 5.75 Å². The summed E-state index contributed by atoms with van der Waals surface area (Å²) in [5.41, 5.74) is 1.40. The first-order valence-corrected chi connectivity index (χ1v) is 5.20. The van der Waals surface area contributed by atoms with Gasteiger partial charge in [-0.25, -0.2) is 4.39 Å². The van der Waals surface area contributed by atoms with Crippen molar-refractivity contribution in [2.75, 3.05) is 0 Å². The van der Waals surface area contributed by atoms with Crippen molar-refractivity contribution < 1.29 is 14.2 Å². The zero-order valence-corrected chi connectivity index (χ0v) is 9.14. The molecule has 17 heavy (non-hydrogen) atoms. The number of aliphatic hydroxyl groups excluding tert-OH is 1. The summed E-state index contributed by atoms with van der Waals surface area (Å²) in [5.74, 6) is -0.300. The molecule has 2 aromatic rings. The molecule has 0 saturated heterocycles. The molecule has 3 nitrogen and oxygen atoms in total. The van der Waals surface area contributed by atoms with Gasteiger partial charge in [-0.1, -0.05) is 12.1 Å². The summed E-state index contributed by atoms with van der Waals surface area (Å²) < 4.78 is 18.8. The quantitative estimate of drug-likeness (QED) is 0.881. The minimum absolute atomic E-state index is 0.172. The Morgan fingerprint density at radius 1 is 1.24 bits per heavy atom. The van der Waals surface area contributed by atoms with E-state index in [1.165, 1.54) is 12.1 Å². The highest BCUT2D eigenvalue weighted by Gasteiger charge is 2.04. The fourth-order valence-corrected chi connectivity index (χ4v) is 1.40. The molecule has 4 heteroatoms. The Hall–Kier alpha value is -1.94. The number of pyridine rings is 1. The van der Waals surface area contributed by atoms with E-state index < -0.39 is 5.82 Å². The van der Waals surface area contributed by atoms with Crippen molar-refractivity contribution in [1.82, 2.24) is 4.98 Å². The molecule has 0 aliphatic rings. The summed E-state index contributed by atoms with van der Waals surface area (Å²) in [6.45, 7) is 0.0863. The van der Waals surface area contributed by atoms with E-state index in [0.29, 0.717) is 5.56 Å². The van der Waals surface area contributed by atoms with Gasteiger partial charge in [0, 0.05) is 18.0 Å². The zero-order valence-electron chi connectivity index (χ0n) is 9.14. The maximum absolute atomic E-state index is 13.5. The molecule has 1 N–H and O–H groups in total. The summed E-state index contributed by atoms with van der Waals surface area (Å²) in [4.78, 5) is 3.94. The van der Waals surface area contributed by atoms with Crippen molar-refractivity contribution in [2.24, 2.45) is 0 Å². The van der Waals surface area contributed by atoms with Gasteiger partial charge >= 0.3 is 0 Å². The molecule has 0 atom stereocenters. The number of nitrogens with zero attached hydrogens (tertiary/aromatic N) is 1. The average molecular weight is 233 g/mol. The highest BCUT2D eigenvalue weighted by molar-refractivity contribution is 5.29. The number of halogens is 1. The van der Waals surface area contributed by atoms with Gasteiger partial charge in [0.15, 0.2) is 11.6 Å². The van der Waals surface area contributed by atoms with Gasteiger partial charge in [0.2, 0.25) is 0 Å². The Labute approximate surface area is 98.5 Å². The van der Waals surface area contributed by atoms with Gasteiger partial charge in [-0.3, -0.25) is 4.98 Å². The van der Waals surface area contributed by atoms with Gasteiger partial charge in [0.1, 0.15) is 6.61 Å². The first-order chi connectivity index (χ1) is 8.29. The molecule has 0 aliphatic heterocycles. The van der Waals surface area contributed by atoms with Gasteiger partial charge in [-0.2, -0.15) is 0 Å². The first kappa shape index (κ1) is 11.5. The van der Waals surface area contributed by atoms with Crippen LogP contribution in [0.15, 0.2) is 42.7 Å². The van der Waals surface area contributed by atoms with E-state index in [4.69, 9.17) is 9.84 Å². The maximum Gasteiger partial charge on any atom is 0.165 e. The number of aromatic nitrogens is 1. The summed E-state index contributed by atoms with van der Waals surface area (Å²) >= 11 is 0. The predicted octanol–water partition coefficient (Wildman–Crippen LogP) is 2.29. The number of hydrogen-bond acceptors (Lipinski definition) is 3. The van der Waals surface area contributed by atoms with Crippen LogP contribution in [-0.4, -0.2) is 10.1 Å². The highest BCUT2D eigenvalue weighted by atomic mass is 19.1. The smallest absolute Gasteiger partial charge is 0.165 e. The zero-order chi connectivity index (χ0) is 12.1. The molecule has 0 amide bonds. The number of benzene rings is 1. The normalized spacial score (nSPS) is 10.2. The van der Waals surface area contributed by atoms with E-state index in [1.54, 1.807) is 24.5 Å². The van der Waals surface area contributed by atoms with Crippen LogP contribution in [0.1, 0.15) is 11.1 Å². The molecular formula is C13H12FNO2. The van der Waals surface area contributed by atoms with Crippen molar-refractivity contribution in [3.05, 3.63) is 59.7 Å². The number of hydrogen-bond donors (Lipinski definition) is 1. The van der Waals surface area contributed by atoms with Crippen molar-refractivity contribution in [3.8, 4) is 5.75 Å². The Morgan fingerprint density at radius 2 is 2.12 bits per heavy atom. The largest absolute Gasteiger partial charge is 0.486 e. The average Bonchev–Trinajstić information content (AvgIpc) is 2.38. The third-order valence-electron chi connectivity index (χ3n) is 2.30. The second-order valence-electron chi connectivity index (χ2n) is 3.57. The first-order valence-electron chi connectivity index (χ1n) is 5.20. The number of ether oxygens (including phenoxy) is 1. The second-order valence-corrected chi connectivity index (χ2v) is 3.57. The van der Waals surface area contributed by atoms with Crippen molar-refractivity contribution in [1.29, 1.82) is 0 Å². The third kappa shape index (κ3) is 3.01. The van der Waals surface area contributed by atoms with E-state index in [1.807, 2.05) is 6.07 Å². The van der Waals surface area contributed by atoms with E-state index in [-0.39, 0.29) is 19.0 Å².